The van der Waals surface area contributed by atoms with Crippen LogP contribution in [0.5, 0.6) is 5.75 Å². The lowest BCUT2D eigenvalue weighted by molar-refractivity contribution is 0.432. The molecule has 0 saturated heterocycles. The van der Waals surface area contributed by atoms with E-state index in [4.69, 9.17) is 10.4 Å². The van der Waals surface area contributed by atoms with Crippen LogP contribution in [0.1, 0.15) is 5.56 Å². The molecule has 0 aliphatic heterocycles. The molecule has 0 amide bonds. The van der Waals surface area contributed by atoms with Gasteiger partial charge in [-0.2, -0.15) is 0 Å². The minimum atomic E-state index is -0.945. The monoisotopic (exact) mass is 227 g/mol. The van der Waals surface area contributed by atoms with Crippen LogP contribution < -0.4 is 15.9 Å². The van der Waals surface area contributed by atoms with Crippen molar-refractivity contribution < 1.29 is 9.68 Å². The molecule has 86 valence electrons. The second-order valence-electron chi connectivity index (χ2n) is 3.73. The lowest BCUT2D eigenvalue weighted by atomic mass is 9.79. The number of hydrogen-bond donors (Lipinski definition) is 2. The first-order valence-electron chi connectivity index (χ1n) is 5.48. The van der Waals surface area contributed by atoms with Gasteiger partial charge in [0.05, 0.1) is 0 Å². The molecule has 0 aliphatic carbocycles. The summed E-state index contributed by atoms with van der Waals surface area (Å²) in [7, 11) is -0.945. The Hall–Kier alpha value is -1.78. The van der Waals surface area contributed by atoms with Gasteiger partial charge >= 0.3 is 7.12 Å². The van der Waals surface area contributed by atoms with Gasteiger partial charge in [0.15, 0.2) is 0 Å². The highest BCUT2D eigenvalue weighted by molar-refractivity contribution is 6.60. The Morgan fingerprint density at radius 2 is 1.65 bits per heavy atom. The first-order valence-corrected chi connectivity index (χ1v) is 5.48. The molecule has 0 atom stereocenters. The van der Waals surface area contributed by atoms with E-state index in [0.29, 0.717) is 12.3 Å². The molecule has 0 heterocycles. The fourth-order valence-corrected chi connectivity index (χ4v) is 1.52. The van der Waals surface area contributed by atoms with Crippen molar-refractivity contribution in [3.05, 3.63) is 60.2 Å². The zero-order valence-electron chi connectivity index (χ0n) is 9.41. The Balaban J connectivity index is 2.05. The molecule has 0 bridgehead atoms. The maximum absolute atomic E-state index is 9.85. The molecule has 2 aromatic rings. The topological polar surface area (TPSA) is 55.5 Å². The fourth-order valence-electron chi connectivity index (χ4n) is 1.52. The van der Waals surface area contributed by atoms with E-state index in [1.165, 1.54) is 0 Å². The molecule has 3 nitrogen and oxygen atoms in total. The molecule has 3 N–H and O–H groups in total. The second kappa shape index (κ2) is 5.52. The van der Waals surface area contributed by atoms with E-state index >= 15 is 0 Å². The summed E-state index contributed by atoms with van der Waals surface area (Å²) in [5.74, 6) is 0.624. The lowest BCUT2D eigenvalue weighted by Crippen LogP contribution is -2.36. The molecule has 0 unspecified atom stereocenters. The summed E-state index contributed by atoms with van der Waals surface area (Å²) < 4.78 is 5.41. The zero-order valence-corrected chi connectivity index (χ0v) is 9.41. The van der Waals surface area contributed by atoms with Gasteiger partial charge in [0, 0.05) is 6.54 Å². The third-order valence-corrected chi connectivity index (χ3v) is 2.49. The maximum atomic E-state index is 9.85. The molecule has 2 aromatic carbocycles. The summed E-state index contributed by atoms with van der Waals surface area (Å²) in [5.41, 5.74) is 7.27. The van der Waals surface area contributed by atoms with Gasteiger partial charge in [0.1, 0.15) is 5.75 Å². The SMILES string of the molecule is NCc1ccc(OB(O)c2ccccc2)cc1. The van der Waals surface area contributed by atoms with E-state index in [0.717, 1.165) is 11.0 Å². The Kier molecular flexibility index (Phi) is 3.80. The fraction of sp³-hybridized carbons (Fsp3) is 0.0769. The lowest BCUT2D eigenvalue weighted by Gasteiger charge is -2.10. The van der Waals surface area contributed by atoms with E-state index in [9.17, 15) is 5.02 Å². The van der Waals surface area contributed by atoms with Crippen LogP contribution in [-0.4, -0.2) is 12.1 Å². The van der Waals surface area contributed by atoms with Gasteiger partial charge in [0.25, 0.3) is 0 Å². The van der Waals surface area contributed by atoms with Crippen LogP contribution in [0.15, 0.2) is 54.6 Å². The van der Waals surface area contributed by atoms with E-state index in [2.05, 4.69) is 0 Å². The standard InChI is InChI=1S/C13H14BNO2/c15-10-11-6-8-13(9-7-11)17-14(16)12-4-2-1-3-5-12/h1-9,16H,10,15H2. The van der Waals surface area contributed by atoms with Crippen molar-refractivity contribution in [1.82, 2.24) is 0 Å². The normalized spacial score (nSPS) is 10.0. The first kappa shape index (κ1) is 11.7. The maximum Gasteiger partial charge on any atom is 0.560 e. The molecule has 17 heavy (non-hydrogen) atoms. The highest BCUT2D eigenvalue weighted by Gasteiger charge is 2.17. The third kappa shape index (κ3) is 3.09. The van der Waals surface area contributed by atoms with Gasteiger partial charge in [-0.15, -0.1) is 0 Å². The van der Waals surface area contributed by atoms with Crippen LogP contribution in [-0.2, 0) is 6.54 Å². The molecule has 0 spiro atoms. The number of rotatable bonds is 4. The number of hydrogen-bond acceptors (Lipinski definition) is 3. The highest BCUT2D eigenvalue weighted by atomic mass is 16.5. The summed E-state index contributed by atoms with van der Waals surface area (Å²) in [6, 6.07) is 16.6. The first-order chi connectivity index (χ1) is 8.29. The van der Waals surface area contributed by atoms with Crippen LogP contribution in [0.25, 0.3) is 0 Å². The van der Waals surface area contributed by atoms with Crippen LogP contribution >= 0.6 is 0 Å². The zero-order chi connectivity index (χ0) is 12.1. The summed E-state index contributed by atoms with van der Waals surface area (Å²) >= 11 is 0. The van der Waals surface area contributed by atoms with Crippen molar-refractivity contribution in [3.8, 4) is 5.75 Å². The summed E-state index contributed by atoms with van der Waals surface area (Å²) in [4.78, 5) is 0. The van der Waals surface area contributed by atoms with Crippen molar-refractivity contribution in [1.29, 1.82) is 0 Å². The van der Waals surface area contributed by atoms with Gasteiger partial charge in [-0.1, -0.05) is 42.5 Å². The molecule has 0 aliphatic rings. The van der Waals surface area contributed by atoms with Crippen LogP contribution in [0.2, 0.25) is 0 Å². The van der Waals surface area contributed by atoms with Gasteiger partial charge in [-0.3, -0.25) is 0 Å². The average Bonchev–Trinajstić information content (AvgIpc) is 2.40. The summed E-state index contributed by atoms with van der Waals surface area (Å²) in [6.07, 6.45) is 0. The molecule has 4 heteroatoms. The van der Waals surface area contributed by atoms with Crippen molar-refractivity contribution in [2.45, 2.75) is 6.54 Å². The molecular weight excluding hydrogens is 213 g/mol. The minimum absolute atomic E-state index is 0.502. The van der Waals surface area contributed by atoms with Crippen molar-refractivity contribution in [2.24, 2.45) is 5.73 Å². The molecular formula is C13H14BNO2. The average molecular weight is 227 g/mol. The predicted molar refractivity (Wildman–Crippen MR) is 69.0 cm³/mol. The van der Waals surface area contributed by atoms with E-state index in [1.54, 1.807) is 12.1 Å². The summed E-state index contributed by atoms with van der Waals surface area (Å²) in [5, 5.41) is 9.85. The quantitative estimate of drug-likeness (QED) is 0.763. The molecule has 2 rings (SSSR count). The Morgan fingerprint density at radius 1 is 1.00 bits per heavy atom. The van der Waals surface area contributed by atoms with Crippen LogP contribution in [0, 0.1) is 0 Å². The smallest absolute Gasteiger partial charge is 0.532 e. The Labute approximate surface area is 101 Å². The van der Waals surface area contributed by atoms with Gasteiger partial charge in [0.2, 0.25) is 0 Å². The van der Waals surface area contributed by atoms with Crippen molar-refractivity contribution >= 4 is 12.6 Å². The Bertz CT molecular complexity index is 459. The third-order valence-electron chi connectivity index (χ3n) is 2.49. The van der Waals surface area contributed by atoms with Crippen LogP contribution in [0.3, 0.4) is 0 Å². The molecule has 0 aromatic heterocycles. The second-order valence-corrected chi connectivity index (χ2v) is 3.73. The van der Waals surface area contributed by atoms with E-state index in [1.807, 2.05) is 42.5 Å². The van der Waals surface area contributed by atoms with Crippen molar-refractivity contribution in [2.75, 3.05) is 0 Å². The van der Waals surface area contributed by atoms with Crippen molar-refractivity contribution in [3.63, 3.8) is 0 Å². The predicted octanol–water partition coefficient (Wildman–Crippen LogP) is 0.912. The molecule has 0 radical (unpaired) electrons. The number of benzene rings is 2. The summed E-state index contributed by atoms with van der Waals surface area (Å²) in [6.45, 7) is 0.502. The minimum Gasteiger partial charge on any atom is -0.532 e. The molecule has 0 fully saturated rings. The largest absolute Gasteiger partial charge is 0.560 e. The number of nitrogens with two attached hydrogens (primary N) is 1. The molecule has 0 saturated carbocycles. The van der Waals surface area contributed by atoms with Gasteiger partial charge < -0.3 is 15.4 Å². The van der Waals surface area contributed by atoms with Gasteiger partial charge in [-0.05, 0) is 23.2 Å². The van der Waals surface area contributed by atoms with Crippen LogP contribution in [0.4, 0.5) is 0 Å². The van der Waals surface area contributed by atoms with E-state index < -0.39 is 7.12 Å². The highest BCUT2D eigenvalue weighted by Crippen LogP contribution is 2.12. The van der Waals surface area contributed by atoms with E-state index in [-0.39, 0.29) is 0 Å². The Morgan fingerprint density at radius 3 is 2.24 bits per heavy atom. The van der Waals surface area contributed by atoms with Gasteiger partial charge in [-0.25, -0.2) is 0 Å².